The van der Waals surface area contributed by atoms with E-state index in [0.29, 0.717) is 28.2 Å². The molecule has 1 N–H and O–H groups in total. The van der Waals surface area contributed by atoms with Gasteiger partial charge in [-0.05, 0) is 54.3 Å². The molecule has 0 saturated carbocycles. The molecule has 0 aliphatic rings. The molecule has 1 atom stereocenters. The molecule has 0 aliphatic heterocycles. The molecule has 0 heterocycles. The molecule has 2 rings (SSSR count). The summed E-state index contributed by atoms with van der Waals surface area (Å²) in [6, 6.07) is 8.16. The van der Waals surface area contributed by atoms with Crippen LogP contribution in [0.15, 0.2) is 30.3 Å². The lowest BCUT2D eigenvalue weighted by Gasteiger charge is -2.18. The Balaban J connectivity index is 2.47. The number of aryl methyl sites for hydroxylation is 2. The minimum absolute atomic E-state index is 0.282. The molecule has 0 spiro atoms. The first-order valence-electron chi connectivity index (χ1n) is 6.64. The first-order valence-corrected chi connectivity index (χ1v) is 6.64. The highest BCUT2D eigenvalue weighted by Gasteiger charge is 2.17. The maximum atomic E-state index is 13.3. The Kier molecular flexibility index (Phi) is 4.48. The van der Waals surface area contributed by atoms with Gasteiger partial charge in [-0.25, -0.2) is 4.39 Å². The molecule has 21 heavy (non-hydrogen) atoms. The molecule has 0 fully saturated rings. The van der Waals surface area contributed by atoms with Crippen molar-refractivity contribution in [1.82, 2.24) is 0 Å². The van der Waals surface area contributed by atoms with Gasteiger partial charge in [0.25, 0.3) is 0 Å². The van der Waals surface area contributed by atoms with Gasteiger partial charge >= 0.3 is 0 Å². The van der Waals surface area contributed by atoms with Gasteiger partial charge in [-0.15, -0.1) is 0 Å². The smallest absolute Gasteiger partial charge is 0.161 e. The van der Waals surface area contributed by atoms with E-state index >= 15 is 0 Å². The summed E-state index contributed by atoms with van der Waals surface area (Å²) >= 11 is 0. The van der Waals surface area contributed by atoms with Crippen LogP contribution >= 0.6 is 0 Å². The zero-order valence-corrected chi connectivity index (χ0v) is 12.6. The van der Waals surface area contributed by atoms with Crippen LogP contribution in [0, 0.1) is 19.7 Å². The lowest BCUT2D eigenvalue weighted by atomic mass is 9.96. The predicted molar refractivity (Wildman–Crippen MR) is 79.5 cm³/mol. The third kappa shape index (κ3) is 3.00. The van der Waals surface area contributed by atoms with E-state index in [1.807, 2.05) is 13.0 Å². The van der Waals surface area contributed by atoms with Crippen molar-refractivity contribution in [3.8, 4) is 11.5 Å². The van der Waals surface area contributed by atoms with Crippen molar-refractivity contribution in [2.75, 3.05) is 14.2 Å². The minimum atomic E-state index is -0.843. The first-order chi connectivity index (χ1) is 9.97. The van der Waals surface area contributed by atoms with Crippen LogP contribution in [0.4, 0.5) is 4.39 Å². The Bertz CT molecular complexity index is 653. The summed E-state index contributed by atoms with van der Waals surface area (Å²) in [5.41, 5.74) is 2.73. The molecule has 4 heteroatoms. The number of methoxy groups -OCH3 is 2. The number of aliphatic hydroxyl groups is 1. The van der Waals surface area contributed by atoms with Crippen molar-refractivity contribution >= 4 is 0 Å². The van der Waals surface area contributed by atoms with E-state index in [0.717, 1.165) is 5.56 Å². The zero-order valence-electron chi connectivity index (χ0n) is 12.6. The van der Waals surface area contributed by atoms with Gasteiger partial charge in [0.1, 0.15) is 11.9 Å². The summed E-state index contributed by atoms with van der Waals surface area (Å²) in [6.07, 6.45) is -0.843. The Labute approximate surface area is 124 Å². The summed E-state index contributed by atoms with van der Waals surface area (Å²) < 4.78 is 23.8. The number of halogens is 1. The molecule has 0 amide bonds. The van der Waals surface area contributed by atoms with E-state index in [1.54, 1.807) is 39.3 Å². The van der Waals surface area contributed by atoms with Crippen molar-refractivity contribution in [3.63, 3.8) is 0 Å². The highest BCUT2D eigenvalue weighted by atomic mass is 19.1. The first kappa shape index (κ1) is 15.3. The van der Waals surface area contributed by atoms with Gasteiger partial charge in [0.05, 0.1) is 14.2 Å². The van der Waals surface area contributed by atoms with E-state index in [1.165, 1.54) is 6.07 Å². The van der Waals surface area contributed by atoms with Crippen molar-refractivity contribution in [2.24, 2.45) is 0 Å². The average Bonchev–Trinajstić information content (AvgIpc) is 2.49. The van der Waals surface area contributed by atoms with Gasteiger partial charge in [-0.2, -0.15) is 0 Å². The van der Waals surface area contributed by atoms with Crippen LogP contribution in [0.5, 0.6) is 11.5 Å². The highest BCUT2D eigenvalue weighted by molar-refractivity contribution is 5.49. The Morgan fingerprint density at radius 2 is 1.57 bits per heavy atom. The predicted octanol–water partition coefficient (Wildman–Crippen LogP) is 3.54. The fourth-order valence-corrected chi connectivity index (χ4v) is 2.31. The second-order valence-corrected chi connectivity index (χ2v) is 4.97. The lowest BCUT2D eigenvalue weighted by molar-refractivity contribution is 0.218. The third-order valence-corrected chi connectivity index (χ3v) is 3.56. The highest BCUT2D eigenvalue weighted by Crippen LogP contribution is 2.35. The normalized spacial score (nSPS) is 12.1. The number of benzene rings is 2. The van der Waals surface area contributed by atoms with Crippen LogP contribution in [0.2, 0.25) is 0 Å². The SMILES string of the molecule is COc1cc(C)c(C(O)c2ccc(F)c(C)c2)cc1OC. The summed E-state index contributed by atoms with van der Waals surface area (Å²) in [7, 11) is 3.11. The third-order valence-electron chi connectivity index (χ3n) is 3.56. The average molecular weight is 290 g/mol. The van der Waals surface area contributed by atoms with Gasteiger partial charge in [-0.1, -0.05) is 12.1 Å². The second-order valence-electron chi connectivity index (χ2n) is 4.97. The summed E-state index contributed by atoms with van der Waals surface area (Å²) in [6.45, 7) is 3.56. The van der Waals surface area contributed by atoms with Crippen LogP contribution in [-0.2, 0) is 0 Å². The summed E-state index contributed by atoms with van der Waals surface area (Å²) in [5.74, 6) is 0.882. The molecule has 0 aliphatic carbocycles. The molecule has 1 unspecified atom stereocenters. The number of ether oxygens (including phenoxy) is 2. The Hall–Kier alpha value is -2.07. The number of aliphatic hydroxyl groups excluding tert-OH is 1. The van der Waals surface area contributed by atoms with Crippen LogP contribution < -0.4 is 9.47 Å². The van der Waals surface area contributed by atoms with Gasteiger partial charge < -0.3 is 14.6 Å². The molecule has 2 aromatic rings. The van der Waals surface area contributed by atoms with E-state index < -0.39 is 6.10 Å². The van der Waals surface area contributed by atoms with E-state index in [9.17, 15) is 9.50 Å². The van der Waals surface area contributed by atoms with Gasteiger partial charge in [0.15, 0.2) is 11.5 Å². The van der Waals surface area contributed by atoms with Crippen LogP contribution in [-0.4, -0.2) is 19.3 Å². The topological polar surface area (TPSA) is 38.7 Å². The summed E-state index contributed by atoms with van der Waals surface area (Å²) in [4.78, 5) is 0. The molecule has 2 aromatic carbocycles. The van der Waals surface area contributed by atoms with Crippen LogP contribution in [0.1, 0.15) is 28.4 Å². The molecule has 0 saturated heterocycles. The van der Waals surface area contributed by atoms with Gasteiger partial charge in [0, 0.05) is 0 Å². The van der Waals surface area contributed by atoms with Gasteiger partial charge in [-0.3, -0.25) is 0 Å². The molecule has 0 aromatic heterocycles. The van der Waals surface area contributed by atoms with E-state index in [2.05, 4.69) is 0 Å². The molecule has 0 bridgehead atoms. The van der Waals surface area contributed by atoms with Gasteiger partial charge in [0.2, 0.25) is 0 Å². The van der Waals surface area contributed by atoms with E-state index in [-0.39, 0.29) is 5.82 Å². The number of hydrogen-bond acceptors (Lipinski definition) is 3. The van der Waals surface area contributed by atoms with Crippen molar-refractivity contribution in [3.05, 3.63) is 58.4 Å². The van der Waals surface area contributed by atoms with Crippen LogP contribution in [0.25, 0.3) is 0 Å². The zero-order chi connectivity index (χ0) is 15.6. The quantitative estimate of drug-likeness (QED) is 0.936. The molecule has 112 valence electrons. The minimum Gasteiger partial charge on any atom is -0.493 e. The fraction of sp³-hybridized carbons (Fsp3) is 0.294. The van der Waals surface area contributed by atoms with Crippen molar-refractivity contribution < 1.29 is 19.0 Å². The standard InChI is InChI=1S/C17H19FO3/c1-10-8-15(20-3)16(21-4)9-13(10)17(19)12-5-6-14(18)11(2)7-12/h5-9,17,19H,1-4H3. The van der Waals surface area contributed by atoms with Crippen molar-refractivity contribution in [2.45, 2.75) is 20.0 Å². The Morgan fingerprint density at radius 3 is 2.14 bits per heavy atom. The molecule has 0 radical (unpaired) electrons. The maximum absolute atomic E-state index is 13.3. The largest absolute Gasteiger partial charge is 0.493 e. The fourth-order valence-electron chi connectivity index (χ4n) is 2.31. The Morgan fingerprint density at radius 1 is 0.952 bits per heavy atom. The van der Waals surface area contributed by atoms with Crippen LogP contribution in [0.3, 0.4) is 0 Å². The number of hydrogen-bond donors (Lipinski definition) is 1. The monoisotopic (exact) mass is 290 g/mol. The molecular formula is C17H19FO3. The number of rotatable bonds is 4. The lowest BCUT2D eigenvalue weighted by Crippen LogP contribution is -2.04. The molecule has 3 nitrogen and oxygen atoms in total. The van der Waals surface area contributed by atoms with E-state index in [4.69, 9.17) is 9.47 Å². The summed E-state index contributed by atoms with van der Waals surface area (Å²) in [5, 5.41) is 10.6. The molecular weight excluding hydrogens is 271 g/mol. The van der Waals surface area contributed by atoms with Crippen molar-refractivity contribution in [1.29, 1.82) is 0 Å². The second kappa shape index (κ2) is 6.14. The maximum Gasteiger partial charge on any atom is 0.161 e.